The van der Waals surface area contributed by atoms with Crippen molar-refractivity contribution in [3.8, 4) is 0 Å². The quantitative estimate of drug-likeness (QED) is 0.418. The monoisotopic (exact) mass is 280 g/mol. The number of rotatable bonds is 4. The van der Waals surface area contributed by atoms with Crippen LogP contribution < -0.4 is 5.73 Å². The summed E-state index contributed by atoms with van der Waals surface area (Å²) in [6.07, 6.45) is 4.75. The summed E-state index contributed by atoms with van der Waals surface area (Å²) in [6.45, 7) is 0.845. The first-order chi connectivity index (χ1) is 9.43. The molecular weight excluding hydrogens is 264 g/mol. The molecule has 2 rings (SSSR count). The molecule has 108 valence electrons. The number of fused-ring (bicyclic) bond motifs is 1. The highest BCUT2D eigenvalue weighted by atomic mass is 16.5. The Morgan fingerprint density at radius 2 is 1.80 bits per heavy atom. The minimum Gasteiger partial charge on any atom is -0.454 e. The fraction of sp³-hybridized carbons (Fsp3) is 0.538. The third kappa shape index (κ3) is 2.43. The number of nitrogens with two attached hydrogens (primary N) is 1. The fourth-order valence-corrected chi connectivity index (χ4v) is 2.58. The lowest BCUT2D eigenvalue weighted by Gasteiger charge is -2.21. The Balaban J connectivity index is 2.08. The molecular formula is C13H16N2O5. The van der Waals surface area contributed by atoms with E-state index in [2.05, 4.69) is 4.74 Å². The second-order valence-electron chi connectivity index (χ2n) is 4.95. The molecule has 1 aliphatic heterocycles. The van der Waals surface area contributed by atoms with E-state index in [4.69, 9.17) is 5.73 Å². The molecule has 0 saturated carbocycles. The number of ether oxygens (including phenoxy) is 1. The van der Waals surface area contributed by atoms with Crippen molar-refractivity contribution in [3.05, 3.63) is 12.2 Å². The summed E-state index contributed by atoms with van der Waals surface area (Å²) in [7, 11) is 0. The van der Waals surface area contributed by atoms with Gasteiger partial charge in [0.1, 0.15) is 6.04 Å². The summed E-state index contributed by atoms with van der Waals surface area (Å²) in [5.74, 6) is -3.09. The first kappa shape index (κ1) is 14.2. The molecule has 2 aliphatic rings. The Morgan fingerprint density at radius 1 is 1.30 bits per heavy atom. The highest BCUT2D eigenvalue weighted by Crippen LogP contribution is 2.36. The number of imide groups is 1. The number of hydrogen-bond donors (Lipinski definition) is 1. The Labute approximate surface area is 115 Å². The second kappa shape index (κ2) is 5.44. The Kier molecular flexibility index (Phi) is 3.87. The molecule has 1 fully saturated rings. The van der Waals surface area contributed by atoms with Crippen LogP contribution in [0.25, 0.3) is 0 Å². The lowest BCUT2D eigenvalue weighted by molar-refractivity contribution is -0.159. The van der Waals surface area contributed by atoms with Crippen LogP contribution in [0.5, 0.6) is 0 Å². The van der Waals surface area contributed by atoms with E-state index in [0.717, 1.165) is 4.90 Å². The topological polar surface area (TPSA) is 107 Å². The molecule has 1 saturated heterocycles. The van der Waals surface area contributed by atoms with Crippen molar-refractivity contribution in [2.24, 2.45) is 17.6 Å². The van der Waals surface area contributed by atoms with E-state index in [1.54, 1.807) is 0 Å². The van der Waals surface area contributed by atoms with Crippen LogP contribution in [0.1, 0.15) is 19.8 Å². The van der Waals surface area contributed by atoms with Crippen LogP contribution >= 0.6 is 0 Å². The van der Waals surface area contributed by atoms with Crippen molar-refractivity contribution in [1.29, 1.82) is 0 Å². The van der Waals surface area contributed by atoms with Crippen molar-refractivity contribution in [2.75, 3.05) is 6.61 Å². The van der Waals surface area contributed by atoms with Crippen molar-refractivity contribution in [2.45, 2.75) is 25.8 Å². The molecule has 0 radical (unpaired) electrons. The Morgan fingerprint density at radius 3 is 2.25 bits per heavy atom. The van der Waals surface area contributed by atoms with Crippen LogP contribution in [0.2, 0.25) is 0 Å². The normalized spacial score (nSPS) is 26.4. The van der Waals surface area contributed by atoms with E-state index in [9.17, 15) is 19.2 Å². The zero-order chi connectivity index (χ0) is 14.9. The van der Waals surface area contributed by atoms with E-state index < -0.39 is 24.5 Å². The average Bonchev–Trinajstić information content (AvgIpc) is 2.68. The van der Waals surface area contributed by atoms with Crippen molar-refractivity contribution >= 4 is 23.7 Å². The van der Waals surface area contributed by atoms with Gasteiger partial charge in [0, 0.05) is 0 Å². The number of nitrogens with zero attached hydrogens (tertiary/aromatic N) is 1. The number of amides is 3. The molecule has 0 aromatic carbocycles. The largest absolute Gasteiger partial charge is 0.454 e. The van der Waals surface area contributed by atoms with Gasteiger partial charge in [-0.3, -0.25) is 19.3 Å². The highest BCUT2D eigenvalue weighted by Gasteiger charge is 2.50. The molecule has 0 bridgehead atoms. The smallest absolute Gasteiger partial charge is 0.329 e. The first-order valence-corrected chi connectivity index (χ1v) is 6.40. The lowest BCUT2D eigenvalue weighted by atomic mass is 9.85. The summed E-state index contributed by atoms with van der Waals surface area (Å²) < 4.78 is 4.65. The number of carbonyl (C=O) groups excluding carboxylic acids is 4. The molecule has 0 aromatic rings. The van der Waals surface area contributed by atoms with Gasteiger partial charge in [0.25, 0.3) is 5.91 Å². The van der Waals surface area contributed by atoms with Gasteiger partial charge >= 0.3 is 5.97 Å². The molecule has 0 aromatic heterocycles. The zero-order valence-corrected chi connectivity index (χ0v) is 11.1. The molecule has 7 nitrogen and oxygen atoms in total. The summed E-state index contributed by atoms with van der Waals surface area (Å²) in [5, 5.41) is 0. The number of likely N-dealkylation sites (tertiary alicyclic amines) is 1. The maximum atomic E-state index is 12.2. The van der Waals surface area contributed by atoms with Crippen molar-refractivity contribution < 1.29 is 23.9 Å². The van der Waals surface area contributed by atoms with E-state index in [-0.39, 0.29) is 23.7 Å². The highest BCUT2D eigenvalue weighted by molar-refractivity contribution is 6.08. The molecule has 3 amide bonds. The third-order valence-corrected chi connectivity index (χ3v) is 3.63. The van der Waals surface area contributed by atoms with Gasteiger partial charge in [0.05, 0.1) is 11.8 Å². The maximum Gasteiger partial charge on any atom is 0.329 e. The van der Waals surface area contributed by atoms with Crippen LogP contribution in [0.15, 0.2) is 12.2 Å². The van der Waals surface area contributed by atoms with Gasteiger partial charge in [0.2, 0.25) is 11.8 Å². The van der Waals surface area contributed by atoms with Crippen molar-refractivity contribution in [3.63, 3.8) is 0 Å². The number of hydrogen-bond acceptors (Lipinski definition) is 5. The van der Waals surface area contributed by atoms with Crippen LogP contribution in [-0.4, -0.2) is 41.2 Å². The fourth-order valence-electron chi connectivity index (χ4n) is 2.58. The lowest BCUT2D eigenvalue weighted by Crippen LogP contribution is -2.45. The van der Waals surface area contributed by atoms with Gasteiger partial charge in [0.15, 0.2) is 6.61 Å². The predicted molar refractivity (Wildman–Crippen MR) is 66.8 cm³/mol. The standard InChI is InChI=1S/C13H16N2O5/c1-7(13(19)20-6-10(14)16)15-11(17)8-4-2-3-5-9(8)12(15)18/h2-3,7-9H,4-6H2,1H3,(H2,14,16)/t7-,8+,9+/m0/s1. The van der Waals surface area contributed by atoms with E-state index in [1.807, 2.05) is 12.2 Å². The van der Waals surface area contributed by atoms with Gasteiger partial charge in [-0.05, 0) is 19.8 Å². The van der Waals surface area contributed by atoms with Gasteiger partial charge in [-0.15, -0.1) is 0 Å². The van der Waals surface area contributed by atoms with E-state index in [0.29, 0.717) is 12.8 Å². The molecule has 0 spiro atoms. The summed E-state index contributed by atoms with van der Waals surface area (Å²) in [4.78, 5) is 47.7. The average molecular weight is 280 g/mol. The van der Waals surface area contributed by atoms with E-state index >= 15 is 0 Å². The van der Waals surface area contributed by atoms with Gasteiger partial charge in [-0.1, -0.05) is 12.2 Å². The molecule has 7 heteroatoms. The molecule has 2 N–H and O–H groups in total. The second-order valence-corrected chi connectivity index (χ2v) is 4.95. The molecule has 1 heterocycles. The SMILES string of the molecule is C[C@@H](C(=O)OCC(N)=O)N1C(=O)[C@@H]2CC=CC[C@H]2C1=O. The number of esters is 1. The summed E-state index contributed by atoms with van der Waals surface area (Å²) >= 11 is 0. The van der Waals surface area contributed by atoms with E-state index in [1.165, 1.54) is 6.92 Å². The molecule has 3 atom stereocenters. The minimum absolute atomic E-state index is 0.354. The third-order valence-electron chi connectivity index (χ3n) is 3.63. The number of allylic oxidation sites excluding steroid dienone is 2. The summed E-state index contributed by atoms with van der Waals surface area (Å²) in [5.41, 5.74) is 4.87. The predicted octanol–water partition coefficient (Wildman–Crippen LogP) is -0.645. The van der Waals surface area contributed by atoms with Gasteiger partial charge < -0.3 is 10.5 Å². The molecule has 1 aliphatic carbocycles. The van der Waals surface area contributed by atoms with Crippen LogP contribution in [0, 0.1) is 11.8 Å². The van der Waals surface area contributed by atoms with Crippen molar-refractivity contribution in [1.82, 2.24) is 4.90 Å². The maximum absolute atomic E-state index is 12.2. The molecule has 0 unspecified atom stereocenters. The minimum atomic E-state index is -1.04. The zero-order valence-electron chi connectivity index (χ0n) is 11.1. The first-order valence-electron chi connectivity index (χ1n) is 6.40. The number of carbonyl (C=O) groups is 4. The Bertz CT molecular complexity index is 473. The number of primary amides is 1. The molecule has 20 heavy (non-hydrogen) atoms. The van der Waals surface area contributed by atoms with Crippen LogP contribution in [0.4, 0.5) is 0 Å². The van der Waals surface area contributed by atoms with Gasteiger partial charge in [-0.25, -0.2) is 4.79 Å². The van der Waals surface area contributed by atoms with Crippen LogP contribution in [0.3, 0.4) is 0 Å². The van der Waals surface area contributed by atoms with Crippen LogP contribution in [-0.2, 0) is 23.9 Å². The summed E-state index contributed by atoms with van der Waals surface area (Å²) in [6, 6.07) is -1.04. The van der Waals surface area contributed by atoms with Gasteiger partial charge in [-0.2, -0.15) is 0 Å². The Hall–Kier alpha value is -2.18.